The molecule has 0 radical (unpaired) electrons. The summed E-state index contributed by atoms with van der Waals surface area (Å²) in [4.78, 5) is 25.1. The summed E-state index contributed by atoms with van der Waals surface area (Å²) in [5, 5.41) is 3.41. The highest BCUT2D eigenvalue weighted by Gasteiger charge is 2.53. The molecule has 0 spiro atoms. The zero-order valence-electron chi connectivity index (χ0n) is 23.1. The molecule has 2 aromatic rings. The number of nitrogens with zero attached hydrogens (tertiary/aromatic N) is 3. The Morgan fingerprint density at radius 3 is 2.89 bits per heavy atom. The molecule has 0 amide bonds. The van der Waals surface area contributed by atoms with Crippen molar-refractivity contribution in [1.82, 2.24) is 14.9 Å². The first-order valence-corrected chi connectivity index (χ1v) is 14.8. The van der Waals surface area contributed by atoms with E-state index in [1.807, 2.05) is 32.2 Å². The average molecular weight is 523 g/mol. The molecule has 0 bridgehead atoms. The Bertz CT molecular complexity index is 1120. The number of esters is 1. The number of hydrogen-bond acceptors (Lipinski definition) is 6. The van der Waals surface area contributed by atoms with E-state index in [-0.39, 0.29) is 12.5 Å². The van der Waals surface area contributed by atoms with E-state index in [2.05, 4.69) is 27.3 Å². The lowest BCUT2D eigenvalue weighted by molar-refractivity contribution is -0.159. The SMILES string of the molecule is CCOC(=O)C(CC)(c1cccnc1C1CC1)N1CCC(F)(CCCCCc2ccc3c(n2)NCCC3)C1. The summed E-state index contributed by atoms with van der Waals surface area (Å²) >= 11 is 0. The molecule has 1 N–H and O–H groups in total. The van der Waals surface area contributed by atoms with Crippen molar-refractivity contribution in [3.05, 3.63) is 53.0 Å². The Morgan fingerprint density at radius 2 is 2.11 bits per heavy atom. The lowest BCUT2D eigenvalue weighted by atomic mass is 9.83. The summed E-state index contributed by atoms with van der Waals surface area (Å²) in [5.74, 6) is 1.17. The zero-order chi connectivity index (χ0) is 26.6. The van der Waals surface area contributed by atoms with Crippen molar-refractivity contribution in [2.24, 2.45) is 0 Å². The van der Waals surface area contributed by atoms with Gasteiger partial charge in [0.2, 0.25) is 0 Å². The summed E-state index contributed by atoms with van der Waals surface area (Å²) in [6, 6.07) is 8.26. The maximum absolute atomic E-state index is 16.2. The van der Waals surface area contributed by atoms with Crippen molar-refractivity contribution in [3.63, 3.8) is 0 Å². The minimum Gasteiger partial charge on any atom is -0.464 e. The molecule has 1 saturated heterocycles. The number of ether oxygens (including phenoxy) is 1. The van der Waals surface area contributed by atoms with Crippen molar-refractivity contribution in [2.75, 3.05) is 31.6 Å². The van der Waals surface area contributed by atoms with Gasteiger partial charge in [0.25, 0.3) is 0 Å². The summed E-state index contributed by atoms with van der Waals surface area (Å²) in [7, 11) is 0. The van der Waals surface area contributed by atoms with Crippen molar-refractivity contribution >= 4 is 11.8 Å². The van der Waals surface area contributed by atoms with E-state index in [1.165, 1.54) is 12.0 Å². The smallest absolute Gasteiger partial charge is 0.331 e. The number of hydrogen-bond donors (Lipinski definition) is 1. The van der Waals surface area contributed by atoms with Crippen molar-refractivity contribution < 1.29 is 13.9 Å². The number of carbonyl (C=O) groups is 1. The summed E-state index contributed by atoms with van der Waals surface area (Å²) in [5.41, 5.74) is 2.06. The van der Waals surface area contributed by atoms with Crippen LogP contribution in [0.25, 0.3) is 0 Å². The van der Waals surface area contributed by atoms with Gasteiger partial charge in [-0.3, -0.25) is 9.88 Å². The number of pyridine rings is 2. The van der Waals surface area contributed by atoms with Gasteiger partial charge in [-0.2, -0.15) is 0 Å². The van der Waals surface area contributed by atoms with Crippen LogP contribution in [0, 0.1) is 0 Å². The number of carbonyl (C=O) groups excluding carboxylic acids is 1. The first-order valence-electron chi connectivity index (χ1n) is 14.8. The van der Waals surface area contributed by atoms with Gasteiger partial charge in [0.1, 0.15) is 17.0 Å². The van der Waals surface area contributed by atoms with Crippen LogP contribution >= 0.6 is 0 Å². The molecule has 4 heterocycles. The second-order valence-electron chi connectivity index (χ2n) is 11.4. The van der Waals surface area contributed by atoms with Gasteiger partial charge < -0.3 is 10.1 Å². The van der Waals surface area contributed by atoms with Gasteiger partial charge >= 0.3 is 5.97 Å². The zero-order valence-corrected chi connectivity index (χ0v) is 23.1. The fraction of sp³-hybridized carbons (Fsp3) is 0.645. The Hall–Kier alpha value is -2.54. The van der Waals surface area contributed by atoms with Crippen LogP contribution in [0.1, 0.15) is 100 Å². The maximum Gasteiger partial charge on any atom is 0.331 e. The second kappa shape index (κ2) is 11.7. The number of aromatic nitrogens is 2. The Morgan fingerprint density at radius 1 is 1.24 bits per heavy atom. The van der Waals surface area contributed by atoms with Gasteiger partial charge in [0, 0.05) is 48.7 Å². The minimum absolute atomic E-state index is 0.261. The van der Waals surface area contributed by atoms with Gasteiger partial charge in [-0.1, -0.05) is 31.9 Å². The molecule has 2 aliphatic heterocycles. The molecule has 2 aromatic heterocycles. The lowest BCUT2D eigenvalue weighted by Gasteiger charge is -2.40. The van der Waals surface area contributed by atoms with E-state index in [9.17, 15) is 4.79 Å². The Kier molecular flexibility index (Phi) is 8.32. The van der Waals surface area contributed by atoms with Crippen molar-refractivity contribution in [1.29, 1.82) is 0 Å². The number of fused-ring (bicyclic) bond motifs is 1. The maximum atomic E-state index is 16.2. The number of likely N-dealkylation sites (tertiary alicyclic amines) is 1. The van der Waals surface area contributed by atoms with E-state index in [0.717, 1.165) is 74.3 Å². The van der Waals surface area contributed by atoms with E-state index in [0.29, 0.717) is 38.3 Å². The first kappa shape index (κ1) is 27.0. The van der Waals surface area contributed by atoms with E-state index in [1.54, 1.807) is 0 Å². The molecule has 6 nitrogen and oxygen atoms in total. The number of anilines is 1. The van der Waals surface area contributed by atoms with Crippen LogP contribution in [0.3, 0.4) is 0 Å². The van der Waals surface area contributed by atoms with Gasteiger partial charge in [-0.05, 0) is 82.4 Å². The fourth-order valence-corrected chi connectivity index (χ4v) is 6.47. The molecule has 2 fully saturated rings. The lowest BCUT2D eigenvalue weighted by Crippen LogP contribution is -2.53. The van der Waals surface area contributed by atoms with Gasteiger partial charge in [-0.25, -0.2) is 14.2 Å². The third-order valence-electron chi connectivity index (χ3n) is 8.73. The Labute approximate surface area is 226 Å². The van der Waals surface area contributed by atoms with Gasteiger partial charge in [0.05, 0.1) is 6.61 Å². The summed E-state index contributed by atoms with van der Waals surface area (Å²) < 4.78 is 21.8. The molecule has 5 rings (SSSR count). The van der Waals surface area contributed by atoms with Crippen LogP contribution in [0.5, 0.6) is 0 Å². The molecule has 2 unspecified atom stereocenters. The normalized spacial score (nSPS) is 22.9. The molecule has 206 valence electrons. The predicted molar refractivity (Wildman–Crippen MR) is 148 cm³/mol. The molecule has 0 aromatic carbocycles. The molecular weight excluding hydrogens is 479 g/mol. The monoisotopic (exact) mass is 522 g/mol. The average Bonchev–Trinajstić information content (AvgIpc) is 3.71. The number of nitrogens with one attached hydrogen (secondary N) is 1. The second-order valence-corrected chi connectivity index (χ2v) is 11.4. The van der Waals surface area contributed by atoms with E-state index < -0.39 is 11.2 Å². The standard InChI is InChI=1S/C31H43FN4O2/c1-3-31(29(37)38-4-2,26-12-9-19-33-27(26)23-13-14-23)36-21-18-30(32,22-36)17-7-5-6-11-25-16-15-24-10-8-20-34-28(24)35-25/h9,12,15-16,19,23H,3-8,10-11,13-14,17-18,20-22H2,1-2H3,(H,34,35). The third-order valence-corrected chi connectivity index (χ3v) is 8.73. The number of aryl methyl sites for hydroxylation is 2. The van der Waals surface area contributed by atoms with Crippen LogP contribution in [-0.4, -0.2) is 52.7 Å². The highest BCUT2D eigenvalue weighted by Crippen LogP contribution is 2.48. The number of alkyl halides is 1. The number of halogens is 1. The third kappa shape index (κ3) is 5.58. The molecule has 38 heavy (non-hydrogen) atoms. The quantitative estimate of drug-likeness (QED) is 0.268. The first-order chi connectivity index (χ1) is 18.5. The van der Waals surface area contributed by atoms with Gasteiger partial charge in [0.15, 0.2) is 0 Å². The Balaban J connectivity index is 1.21. The molecule has 2 atom stereocenters. The predicted octanol–water partition coefficient (Wildman–Crippen LogP) is 6.10. The van der Waals surface area contributed by atoms with Crippen LogP contribution in [-0.2, 0) is 27.9 Å². The minimum atomic E-state index is -1.29. The molecule has 7 heteroatoms. The molecule has 3 aliphatic rings. The van der Waals surface area contributed by atoms with E-state index in [4.69, 9.17) is 9.72 Å². The summed E-state index contributed by atoms with van der Waals surface area (Å²) in [6.07, 6.45) is 11.5. The van der Waals surface area contributed by atoms with Crippen LogP contribution in [0.4, 0.5) is 10.2 Å². The van der Waals surface area contributed by atoms with Crippen molar-refractivity contribution in [3.8, 4) is 0 Å². The van der Waals surface area contributed by atoms with Crippen molar-refractivity contribution in [2.45, 2.75) is 102 Å². The highest BCUT2D eigenvalue weighted by molar-refractivity contribution is 5.83. The number of rotatable bonds is 12. The largest absolute Gasteiger partial charge is 0.464 e. The summed E-state index contributed by atoms with van der Waals surface area (Å²) in [6.45, 7) is 5.97. The van der Waals surface area contributed by atoms with Crippen LogP contribution in [0.15, 0.2) is 30.5 Å². The number of unbranched alkanes of at least 4 members (excludes halogenated alkanes) is 2. The van der Waals surface area contributed by atoms with Gasteiger partial charge in [-0.15, -0.1) is 0 Å². The van der Waals surface area contributed by atoms with E-state index >= 15 is 4.39 Å². The fourth-order valence-electron chi connectivity index (χ4n) is 6.47. The molecule has 1 aliphatic carbocycles. The molecular formula is C31H43FN4O2. The van der Waals surface area contributed by atoms with Crippen LogP contribution < -0.4 is 5.32 Å². The van der Waals surface area contributed by atoms with Crippen LogP contribution in [0.2, 0.25) is 0 Å². The topological polar surface area (TPSA) is 67.3 Å². The highest BCUT2D eigenvalue weighted by atomic mass is 19.1. The molecule has 1 saturated carbocycles.